The van der Waals surface area contributed by atoms with E-state index in [2.05, 4.69) is 6.07 Å². The molecule has 0 radical (unpaired) electrons. The second-order valence-electron chi connectivity index (χ2n) is 5.67. The molecule has 0 saturated carbocycles. The van der Waals surface area contributed by atoms with Gasteiger partial charge in [0.05, 0.1) is 11.6 Å². The molecule has 1 atom stereocenters. The van der Waals surface area contributed by atoms with Gasteiger partial charge in [0, 0.05) is 11.6 Å². The zero-order chi connectivity index (χ0) is 17.6. The average molecular weight is 354 g/mol. The van der Waals surface area contributed by atoms with Crippen LogP contribution in [-0.2, 0) is 9.53 Å². The van der Waals surface area contributed by atoms with Crippen LogP contribution in [0.1, 0.15) is 24.0 Å². The lowest BCUT2D eigenvalue weighted by atomic mass is 10.0. The fraction of sp³-hybridized carbons (Fsp3) is 0.200. The Morgan fingerprint density at radius 1 is 1.28 bits per heavy atom. The van der Waals surface area contributed by atoms with Crippen molar-refractivity contribution in [1.29, 1.82) is 5.26 Å². The molecule has 1 aliphatic rings. The molecule has 0 aromatic heterocycles. The number of ether oxygens (including phenoxy) is 2. The Labute approximate surface area is 151 Å². The smallest absolute Gasteiger partial charge is 0.340 e. The van der Waals surface area contributed by atoms with Crippen molar-refractivity contribution < 1.29 is 14.3 Å². The maximum absolute atomic E-state index is 11.9. The molecular weight excluding hydrogens is 338 g/mol. The van der Waals surface area contributed by atoms with Gasteiger partial charge in [-0.3, -0.25) is 0 Å². The van der Waals surface area contributed by atoms with E-state index in [0.717, 1.165) is 17.5 Å². The number of hydrogen-bond acceptors (Lipinski definition) is 4. The van der Waals surface area contributed by atoms with E-state index in [-0.39, 0.29) is 5.97 Å². The van der Waals surface area contributed by atoms with Gasteiger partial charge < -0.3 is 9.47 Å². The topological polar surface area (TPSA) is 59.3 Å². The highest BCUT2D eigenvalue weighted by molar-refractivity contribution is 6.30. The largest absolute Gasteiger partial charge is 0.425 e. The minimum Gasteiger partial charge on any atom is -0.425 e. The highest BCUT2D eigenvalue weighted by Crippen LogP contribution is 2.23. The normalized spacial score (nSPS) is 17.1. The van der Waals surface area contributed by atoms with Crippen LogP contribution in [0.5, 0.6) is 5.75 Å². The molecule has 1 saturated heterocycles. The van der Waals surface area contributed by atoms with Crippen molar-refractivity contribution in [2.75, 3.05) is 6.61 Å². The number of halogens is 1. The number of nitriles is 1. The van der Waals surface area contributed by atoms with Gasteiger partial charge in [0.15, 0.2) is 6.10 Å². The summed E-state index contributed by atoms with van der Waals surface area (Å²) in [6.45, 7) is 0.601. The summed E-state index contributed by atoms with van der Waals surface area (Å²) in [6.07, 6.45) is 2.87. The Kier molecular flexibility index (Phi) is 5.49. The Morgan fingerprint density at radius 3 is 2.72 bits per heavy atom. The van der Waals surface area contributed by atoms with Crippen LogP contribution >= 0.6 is 11.6 Å². The zero-order valence-electron chi connectivity index (χ0n) is 13.4. The molecule has 1 fully saturated rings. The van der Waals surface area contributed by atoms with Gasteiger partial charge in [0.25, 0.3) is 0 Å². The monoisotopic (exact) mass is 353 g/mol. The summed E-state index contributed by atoms with van der Waals surface area (Å²) in [5.41, 5.74) is 2.09. The highest BCUT2D eigenvalue weighted by Gasteiger charge is 2.25. The van der Waals surface area contributed by atoms with E-state index in [1.807, 2.05) is 6.07 Å². The number of rotatable bonds is 4. The van der Waals surface area contributed by atoms with E-state index in [0.29, 0.717) is 29.4 Å². The Bertz CT molecular complexity index is 831. The summed E-state index contributed by atoms with van der Waals surface area (Å²) in [5.74, 6) is 0.0938. The predicted molar refractivity (Wildman–Crippen MR) is 96.0 cm³/mol. The Balaban J connectivity index is 1.73. The van der Waals surface area contributed by atoms with E-state index in [9.17, 15) is 10.1 Å². The number of hydrogen-bond donors (Lipinski definition) is 0. The van der Waals surface area contributed by atoms with Gasteiger partial charge in [0.2, 0.25) is 0 Å². The standard InChI is InChI=1S/C20H16ClNO3/c21-17-4-1-3-15(12-17)16(13-22)11-14-6-8-18(9-7-14)25-20(23)19-5-2-10-24-19/h1,3-4,6-9,11-12,19H,2,5,10H2/b16-11-. The van der Waals surface area contributed by atoms with Crippen molar-refractivity contribution >= 4 is 29.2 Å². The van der Waals surface area contributed by atoms with Gasteiger partial charge in [-0.05, 0) is 54.3 Å². The van der Waals surface area contributed by atoms with Crippen molar-refractivity contribution in [2.24, 2.45) is 0 Å². The van der Waals surface area contributed by atoms with Gasteiger partial charge >= 0.3 is 5.97 Å². The molecule has 4 nitrogen and oxygen atoms in total. The van der Waals surface area contributed by atoms with E-state index in [1.165, 1.54) is 0 Å². The third-order valence-corrected chi connectivity index (χ3v) is 4.09. The number of carbonyl (C=O) groups excluding carboxylic acids is 1. The summed E-state index contributed by atoms with van der Waals surface area (Å²) in [6, 6.07) is 16.3. The Hall–Kier alpha value is -2.61. The summed E-state index contributed by atoms with van der Waals surface area (Å²) in [4.78, 5) is 11.9. The molecule has 3 rings (SSSR count). The molecule has 0 aliphatic carbocycles. The number of allylic oxidation sites excluding steroid dienone is 1. The van der Waals surface area contributed by atoms with Crippen molar-refractivity contribution in [2.45, 2.75) is 18.9 Å². The van der Waals surface area contributed by atoms with Crippen LogP contribution in [0.15, 0.2) is 48.5 Å². The zero-order valence-corrected chi connectivity index (χ0v) is 14.2. The summed E-state index contributed by atoms with van der Waals surface area (Å²) in [5, 5.41) is 9.96. The quantitative estimate of drug-likeness (QED) is 0.352. The van der Waals surface area contributed by atoms with Crippen LogP contribution in [0.2, 0.25) is 5.02 Å². The molecule has 2 aromatic rings. The van der Waals surface area contributed by atoms with E-state index in [1.54, 1.807) is 48.5 Å². The van der Waals surface area contributed by atoms with E-state index in [4.69, 9.17) is 21.1 Å². The van der Waals surface area contributed by atoms with Gasteiger partial charge in [-0.25, -0.2) is 4.79 Å². The van der Waals surface area contributed by atoms with Crippen LogP contribution in [-0.4, -0.2) is 18.7 Å². The van der Waals surface area contributed by atoms with E-state index < -0.39 is 6.10 Å². The maximum atomic E-state index is 11.9. The second kappa shape index (κ2) is 7.98. The lowest BCUT2D eigenvalue weighted by Gasteiger charge is -2.09. The summed E-state index contributed by atoms with van der Waals surface area (Å²) < 4.78 is 10.6. The molecule has 2 aromatic carbocycles. The molecule has 1 unspecified atom stereocenters. The first-order valence-electron chi connectivity index (χ1n) is 7.97. The van der Waals surface area contributed by atoms with Crippen molar-refractivity contribution in [3.05, 3.63) is 64.7 Å². The van der Waals surface area contributed by atoms with Crippen molar-refractivity contribution in [3.8, 4) is 11.8 Å². The molecule has 0 amide bonds. The van der Waals surface area contributed by atoms with Crippen molar-refractivity contribution in [1.82, 2.24) is 0 Å². The Morgan fingerprint density at radius 2 is 2.08 bits per heavy atom. The molecule has 25 heavy (non-hydrogen) atoms. The molecular formula is C20H16ClNO3. The highest BCUT2D eigenvalue weighted by atomic mass is 35.5. The van der Waals surface area contributed by atoms with Crippen LogP contribution < -0.4 is 4.74 Å². The van der Waals surface area contributed by atoms with Gasteiger partial charge in [-0.15, -0.1) is 0 Å². The second-order valence-corrected chi connectivity index (χ2v) is 6.11. The fourth-order valence-electron chi connectivity index (χ4n) is 2.58. The first-order chi connectivity index (χ1) is 12.2. The summed E-state index contributed by atoms with van der Waals surface area (Å²) >= 11 is 5.98. The molecule has 0 N–H and O–H groups in total. The first kappa shape index (κ1) is 17.2. The molecule has 0 spiro atoms. The number of esters is 1. The molecule has 126 valence electrons. The lowest BCUT2D eigenvalue weighted by Crippen LogP contribution is -2.24. The van der Waals surface area contributed by atoms with E-state index >= 15 is 0 Å². The number of benzene rings is 2. The number of nitrogens with zero attached hydrogens (tertiary/aromatic N) is 1. The SMILES string of the molecule is N#C/C(=C/c1ccc(OC(=O)C2CCCO2)cc1)c1cccc(Cl)c1. The minimum atomic E-state index is -0.465. The first-order valence-corrected chi connectivity index (χ1v) is 8.34. The van der Waals surface area contributed by atoms with Gasteiger partial charge in [-0.1, -0.05) is 35.9 Å². The minimum absolute atomic E-state index is 0.363. The third-order valence-electron chi connectivity index (χ3n) is 3.86. The number of carbonyl (C=O) groups is 1. The summed E-state index contributed by atoms with van der Waals surface area (Å²) in [7, 11) is 0. The van der Waals surface area contributed by atoms with Gasteiger partial charge in [0.1, 0.15) is 5.75 Å². The van der Waals surface area contributed by atoms with Crippen molar-refractivity contribution in [3.63, 3.8) is 0 Å². The van der Waals surface area contributed by atoms with Crippen LogP contribution in [0.4, 0.5) is 0 Å². The van der Waals surface area contributed by atoms with Crippen LogP contribution in [0.25, 0.3) is 11.6 Å². The lowest BCUT2D eigenvalue weighted by molar-refractivity contribution is -0.144. The predicted octanol–water partition coefficient (Wildman–Crippen LogP) is 4.49. The average Bonchev–Trinajstić information content (AvgIpc) is 3.16. The van der Waals surface area contributed by atoms with Crippen LogP contribution in [0.3, 0.4) is 0 Å². The van der Waals surface area contributed by atoms with Crippen LogP contribution in [0, 0.1) is 11.3 Å². The molecule has 1 heterocycles. The third kappa shape index (κ3) is 4.48. The maximum Gasteiger partial charge on any atom is 0.340 e. The molecule has 0 bridgehead atoms. The molecule has 5 heteroatoms. The fourth-order valence-corrected chi connectivity index (χ4v) is 2.77. The van der Waals surface area contributed by atoms with Gasteiger partial charge in [-0.2, -0.15) is 5.26 Å². The molecule has 1 aliphatic heterocycles.